The smallest absolute Gasteiger partial charge is 0.410 e. The Morgan fingerprint density at radius 1 is 1.00 bits per heavy atom. The number of nitrogens with zero attached hydrogens (tertiary/aromatic N) is 2. The molecule has 0 bridgehead atoms. The third-order valence-electron chi connectivity index (χ3n) is 6.33. The van der Waals surface area contributed by atoms with Gasteiger partial charge in [-0.15, -0.1) is 0 Å². The molecule has 0 saturated heterocycles. The van der Waals surface area contributed by atoms with E-state index in [2.05, 4.69) is 29.2 Å². The van der Waals surface area contributed by atoms with Crippen LogP contribution in [-0.4, -0.2) is 47.2 Å². The monoisotopic (exact) mass is 472 g/mol. The lowest BCUT2D eigenvalue weighted by Crippen LogP contribution is -2.47. The molecule has 0 saturated carbocycles. The van der Waals surface area contributed by atoms with Crippen LogP contribution in [0.4, 0.5) is 4.79 Å². The van der Waals surface area contributed by atoms with Gasteiger partial charge in [0.15, 0.2) is 0 Å². The average Bonchev–Trinajstić information content (AvgIpc) is 3.14. The van der Waals surface area contributed by atoms with E-state index in [-0.39, 0.29) is 18.9 Å². The fraction of sp³-hybridized carbons (Fsp3) is 0.345. The number of aromatic nitrogens is 1. The zero-order valence-electron chi connectivity index (χ0n) is 20.9. The Labute approximate surface area is 206 Å². The highest BCUT2D eigenvalue weighted by Gasteiger charge is 2.34. The SMILES string of the molecule is Cc1ccncc1CC(C(=O)OC(C)(C)C)N(C)C(=O)OCC1c2ccccc2-c2ccccc21. The van der Waals surface area contributed by atoms with E-state index in [4.69, 9.17) is 9.47 Å². The summed E-state index contributed by atoms with van der Waals surface area (Å²) in [5.74, 6) is -0.531. The molecule has 6 heteroatoms. The third kappa shape index (κ3) is 5.37. The van der Waals surface area contributed by atoms with E-state index in [0.29, 0.717) is 0 Å². The third-order valence-corrected chi connectivity index (χ3v) is 6.33. The predicted octanol–water partition coefficient (Wildman–Crippen LogP) is 5.52. The van der Waals surface area contributed by atoms with Gasteiger partial charge in [0.1, 0.15) is 18.2 Å². The maximum Gasteiger partial charge on any atom is 0.410 e. The highest BCUT2D eigenvalue weighted by atomic mass is 16.6. The van der Waals surface area contributed by atoms with E-state index in [1.54, 1.807) is 19.4 Å². The summed E-state index contributed by atoms with van der Waals surface area (Å²) in [4.78, 5) is 31.8. The van der Waals surface area contributed by atoms with Gasteiger partial charge < -0.3 is 9.47 Å². The molecular formula is C29H32N2O4. The van der Waals surface area contributed by atoms with E-state index >= 15 is 0 Å². The summed E-state index contributed by atoms with van der Waals surface area (Å²) in [6, 6.07) is 17.4. The second-order valence-corrected chi connectivity index (χ2v) is 9.97. The lowest BCUT2D eigenvalue weighted by Gasteiger charge is -2.30. The number of hydrogen-bond donors (Lipinski definition) is 0. The van der Waals surface area contributed by atoms with Crippen LogP contribution in [0.15, 0.2) is 67.0 Å². The van der Waals surface area contributed by atoms with Gasteiger partial charge in [-0.25, -0.2) is 9.59 Å². The number of esters is 1. The zero-order valence-corrected chi connectivity index (χ0v) is 20.9. The molecule has 0 N–H and O–H groups in total. The molecule has 182 valence electrons. The number of rotatable bonds is 6. The first-order chi connectivity index (χ1) is 16.7. The molecule has 2 aromatic carbocycles. The molecule has 0 radical (unpaired) electrons. The molecule has 1 amide bonds. The quantitative estimate of drug-likeness (QED) is 0.442. The Morgan fingerprint density at radius 3 is 2.17 bits per heavy atom. The van der Waals surface area contributed by atoms with E-state index in [9.17, 15) is 9.59 Å². The second-order valence-electron chi connectivity index (χ2n) is 9.97. The van der Waals surface area contributed by atoms with Crippen LogP contribution in [0, 0.1) is 6.92 Å². The minimum Gasteiger partial charge on any atom is -0.458 e. The van der Waals surface area contributed by atoms with Gasteiger partial charge in [-0.1, -0.05) is 48.5 Å². The van der Waals surface area contributed by atoms with Crippen LogP contribution in [0.3, 0.4) is 0 Å². The molecule has 1 heterocycles. The summed E-state index contributed by atoms with van der Waals surface area (Å²) < 4.78 is 11.4. The van der Waals surface area contributed by atoms with Crippen molar-refractivity contribution in [3.8, 4) is 11.1 Å². The van der Waals surface area contributed by atoms with Crippen LogP contribution >= 0.6 is 0 Å². The number of aryl methyl sites for hydroxylation is 1. The molecule has 3 aromatic rings. The highest BCUT2D eigenvalue weighted by molar-refractivity contribution is 5.82. The summed E-state index contributed by atoms with van der Waals surface area (Å²) in [5, 5.41) is 0. The molecule has 1 atom stereocenters. The topological polar surface area (TPSA) is 68.7 Å². The van der Waals surface area contributed by atoms with Crippen molar-refractivity contribution in [2.75, 3.05) is 13.7 Å². The van der Waals surface area contributed by atoms with Crippen LogP contribution < -0.4 is 0 Å². The average molecular weight is 473 g/mol. The molecule has 1 aromatic heterocycles. The van der Waals surface area contributed by atoms with Gasteiger partial charge in [0, 0.05) is 31.8 Å². The maximum atomic E-state index is 13.2. The molecule has 0 fully saturated rings. The van der Waals surface area contributed by atoms with Crippen molar-refractivity contribution in [2.45, 2.75) is 51.7 Å². The molecule has 6 nitrogen and oxygen atoms in total. The van der Waals surface area contributed by atoms with Crippen molar-refractivity contribution >= 4 is 12.1 Å². The Bertz CT molecular complexity index is 1190. The fourth-order valence-corrected chi connectivity index (χ4v) is 4.49. The summed E-state index contributed by atoms with van der Waals surface area (Å²) in [5.41, 5.74) is 5.79. The van der Waals surface area contributed by atoms with Crippen molar-refractivity contribution in [1.29, 1.82) is 0 Å². The number of pyridine rings is 1. The first-order valence-corrected chi connectivity index (χ1v) is 11.9. The zero-order chi connectivity index (χ0) is 25.2. The molecule has 0 spiro atoms. The van der Waals surface area contributed by atoms with E-state index in [0.717, 1.165) is 33.4 Å². The lowest BCUT2D eigenvalue weighted by atomic mass is 9.98. The molecule has 1 aliphatic carbocycles. The Morgan fingerprint density at radius 2 is 1.60 bits per heavy atom. The number of likely N-dealkylation sites (N-methyl/N-ethyl adjacent to an activating group) is 1. The molecule has 4 rings (SSSR count). The van der Waals surface area contributed by atoms with Crippen LogP contribution in [0.2, 0.25) is 0 Å². The molecule has 0 aliphatic heterocycles. The van der Waals surface area contributed by atoms with Crippen LogP contribution in [-0.2, 0) is 20.7 Å². The Balaban J connectivity index is 1.53. The van der Waals surface area contributed by atoms with E-state index in [1.807, 2.05) is 58.0 Å². The predicted molar refractivity (Wildman–Crippen MR) is 135 cm³/mol. The van der Waals surface area contributed by atoms with Gasteiger partial charge >= 0.3 is 12.1 Å². The van der Waals surface area contributed by atoms with Crippen LogP contribution in [0.25, 0.3) is 11.1 Å². The first-order valence-electron chi connectivity index (χ1n) is 11.9. The van der Waals surface area contributed by atoms with Gasteiger partial charge in [-0.05, 0) is 67.1 Å². The Kier molecular flexibility index (Phi) is 6.92. The lowest BCUT2D eigenvalue weighted by molar-refractivity contribution is -0.160. The van der Waals surface area contributed by atoms with Crippen LogP contribution in [0.1, 0.15) is 48.9 Å². The van der Waals surface area contributed by atoms with Gasteiger partial charge in [0.05, 0.1) is 0 Å². The van der Waals surface area contributed by atoms with Crippen molar-refractivity contribution in [3.05, 3.63) is 89.2 Å². The minimum absolute atomic E-state index is 0.0553. The normalized spacial score (nSPS) is 13.5. The van der Waals surface area contributed by atoms with E-state index in [1.165, 1.54) is 4.90 Å². The Hall–Kier alpha value is -3.67. The number of ether oxygens (including phenoxy) is 2. The van der Waals surface area contributed by atoms with Crippen LogP contribution in [0.5, 0.6) is 0 Å². The van der Waals surface area contributed by atoms with Gasteiger partial charge in [0.25, 0.3) is 0 Å². The van der Waals surface area contributed by atoms with Gasteiger partial charge in [0.2, 0.25) is 0 Å². The number of carbonyl (C=O) groups excluding carboxylic acids is 2. The largest absolute Gasteiger partial charge is 0.458 e. The summed E-state index contributed by atoms with van der Waals surface area (Å²) in [7, 11) is 1.58. The number of fused-ring (bicyclic) bond motifs is 3. The maximum absolute atomic E-state index is 13.2. The van der Waals surface area contributed by atoms with Crippen molar-refractivity contribution in [1.82, 2.24) is 9.88 Å². The number of amides is 1. The molecular weight excluding hydrogens is 440 g/mol. The summed E-state index contributed by atoms with van der Waals surface area (Å²) in [6.07, 6.45) is 3.15. The van der Waals surface area contributed by atoms with Crippen molar-refractivity contribution < 1.29 is 19.1 Å². The van der Waals surface area contributed by atoms with E-state index < -0.39 is 23.7 Å². The van der Waals surface area contributed by atoms with Gasteiger partial charge in [-0.2, -0.15) is 0 Å². The highest BCUT2D eigenvalue weighted by Crippen LogP contribution is 2.44. The molecule has 1 unspecified atom stereocenters. The molecule has 35 heavy (non-hydrogen) atoms. The minimum atomic E-state index is -0.840. The van der Waals surface area contributed by atoms with Crippen molar-refractivity contribution in [3.63, 3.8) is 0 Å². The first kappa shape index (κ1) is 24.5. The summed E-state index contributed by atoms with van der Waals surface area (Å²) >= 11 is 0. The summed E-state index contributed by atoms with van der Waals surface area (Å²) in [6.45, 7) is 7.57. The van der Waals surface area contributed by atoms with Gasteiger partial charge in [-0.3, -0.25) is 9.88 Å². The second kappa shape index (κ2) is 9.90. The van der Waals surface area contributed by atoms with Crippen molar-refractivity contribution in [2.24, 2.45) is 0 Å². The molecule has 1 aliphatic rings. The number of carbonyl (C=O) groups is 2. The fourth-order valence-electron chi connectivity index (χ4n) is 4.49. The number of benzene rings is 2. The standard InChI is InChI=1S/C29H32N2O4/c1-19-14-15-30-17-20(19)16-26(27(32)35-29(2,3)4)31(5)28(33)34-18-25-23-12-8-6-10-21(23)22-11-7-9-13-24(22)25/h6-15,17,25-26H,16,18H2,1-5H3. The number of hydrogen-bond acceptors (Lipinski definition) is 5.